The molecule has 0 radical (unpaired) electrons. The molecule has 1 aliphatic heterocycles. The minimum Gasteiger partial charge on any atom is -0.381 e. The summed E-state index contributed by atoms with van der Waals surface area (Å²) in [6.45, 7) is 6.63. The van der Waals surface area contributed by atoms with Crippen LogP contribution in [0.25, 0.3) is 0 Å². The minimum absolute atomic E-state index is 0.0592. The minimum atomic E-state index is -0.241. The monoisotopic (exact) mass is 280 g/mol. The highest BCUT2D eigenvalue weighted by molar-refractivity contribution is 5.89. The zero-order valence-electron chi connectivity index (χ0n) is 13.2. The van der Waals surface area contributed by atoms with E-state index in [0.29, 0.717) is 11.9 Å². The van der Waals surface area contributed by atoms with Gasteiger partial charge in [0.2, 0.25) is 5.91 Å². The van der Waals surface area contributed by atoms with Gasteiger partial charge in [-0.15, -0.1) is 0 Å². The van der Waals surface area contributed by atoms with Crippen LogP contribution in [0, 0.1) is 5.41 Å². The first-order valence-corrected chi connectivity index (χ1v) is 8.09. The van der Waals surface area contributed by atoms with Gasteiger partial charge in [0.25, 0.3) is 0 Å². The quantitative estimate of drug-likeness (QED) is 0.862. The van der Waals surface area contributed by atoms with E-state index in [9.17, 15) is 4.79 Å². The molecule has 0 aromatic rings. The van der Waals surface area contributed by atoms with Crippen molar-refractivity contribution in [2.24, 2.45) is 5.41 Å². The Morgan fingerprint density at radius 3 is 2.50 bits per heavy atom. The van der Waals surface area contributed by atoms with E-state index in [0.717, 1.165) is 25.7 Å². The molecule has 1 saturated heterocycles. The molecule has 2 aliphatic carbocycles. The molecule has 4 heteroatoms. The van der Waals surface area contributed by atoms with Gasteiger partial charge in [0.1, 0.15) is 0 Å². The van der Waals surface area contributed by atoms with Gasteiger partial charge in [-0.3, -0.25) is 10.1 Å². The van der Waals surface area contributed by atoms with Crippen LogP contribution in [0.3, 0.4) is 0 Å². The molecule has 3 rings (SSSR count). The Morgan fingerprint density at radius 2 is 2.00 bits per heavy atom. The van der Waals surface area contributed by atoms with Crippen LogP contribution in [0.15, 0.2) is 0 Å². The number of amides is 1. The lowest BCUT2D eigenvalue weighted by Crippen LogP contribution is -2.64. The summed E-state index contributed by atoms with van der Waals surface area (Å²) in [5, 5.41) is 3.67. The second-order valence-electron chi connectivity index (χ2n) is 7.37. The van der Waals surface area contributed by atoms with Gasteiger partial charge in [0.15, 0.2) is 0 Å². The summed E-state index contributed by atoms with van der Waals surface area (Å²) in [4.78, 5) is 15.2. The van der Waals surface area contributed by atoms with Crippen LogP contribution in [0.1, 0.15) is 59.3 Å². The van der Waals surface area contributed by atoms with E-state index in [-0.39, 0.29) is 23.2 Å². The maximum absolute atomic E-state index is 13.0. The van der Waals surface area contributed by atoms with E-state index in [1.165, 1.54) is 12.8 Å². The number of carbonyl (C=O) groups is 1. The summed E-state index contributed by atoms with van der Waals surface area (Å²) in [6.07, 6.45) is 6.83. The molecule has 2 saturated carbocycles. The molecule has 0 bridgehead atoms. The number of ether oxygens (including phenoxy) is 1. The van der Waals surface area contributed by atoms with E-state index >= 15 is 0 Å². The normalized spacial score (nSPS) is 38.5. The molecule has 114 valence electrons. The molecule has 0 aromatic carbocycles. The first-order chi connectivity index (χ1) is 9.46. The van der Waals surface area contributed by atoms with Gasteiger partial charge in [0.05, 0.1) is 17.8 Å². The lowest BCUT2D eigenvalue weighted by Gasteiger charge is -2.55. The molecule has 0 aromatic heterocycles. The third kappa shape index (κ3) is 1.77. The number of nitrogens with one attached hydrogen (secondary N) is 1. The molecular weight excluding hydrogens is 252 g/mol. The third-order valence-electron chi connectivity index (χ3n) is 6.01. The van der Waals surface area contributed by atoms with E-state index in [1.807, 2.05) is 0 Å². The lowest BCUT2D eigenvalue weighted by molar-refractivity contribution is -0.163. The molecule has 1 amide bonds. The zero-order chi connectivity index (χ0) is 14.5. The summed E-state index contributed by atoms with van der Waals surface area (Å²) in [5.74, 6) is 0.356. The van der Waals surface area contributed by atoms with Crippen LogP contribution < -0.4 is 5.32 Å². The molecule has 1 heterocycles. The predicted molar refractivity (Wildman–Crippen MR) is 78.2 cm³/mol. The fourth-order valence-corrected chi connectivity index (χ4v) is 4.57. The molecule has 3 atom stereocenters. The van der Waals surface area contributed by atoms with Gasteiger partial charge >= 0.3 is 0 Å². The summed E-state index contributed by atoms with van der Waals surface area (Å²) in [6, 6.07) is 0.317. The van der Waals surface area contributed by atoms with E-state index < -0.39 is 0 Å². The van der Waals surface area contributed by atoms with Gasteiger partial charge in [-0.1, -0.05) is 33.6 Å². The van der Waals surface area contributed by atoms with E-state index in [4.69, 9.17) is 4.74 Å². The van der Waals surface area contributed by atoms with Crippen LogP contribution in [0.2, 0.25) is 0 Å². The van der Waals surface area contributed by atoms with Crippen molar-refractivity contribution in [1.82, 2.24) is 10.2 Å². The van der Waals surface area contributed by atoms with Crippen molar-refractivity contribution in [2.45, 2.75) is 83.1 Å². The van der Waals surface area contributed by atoms with Crippen molar-refractivity contribution in [3.63, 3.8) is 0 Å². The van der Waals surface area contributed by atoms with Crippen LogP contribution in [0.5, 0.6) is 0 Å². The average molecular weight is 280 g/mol. The standard InChI is InChI=1S/C16H28N2O2/c1-5-13-17-16(8-6-7-9-16)14(19)18(13)11-10-12(20-4)15(11,2)3/h11-13,17H,5-10H2,1-4H3. The van der Waals surface area contributed by atoms with E-state index in [1.54, 1.807) is 7.11 Å². The topological polar surface area (TPSA) is 41.6 Å². The molecule has 20 heavy (non-hydrogen) atoms. The number of carbonyl (C=O) groups excluding carboxylic acids is 1. The summed E-state index contributed by atoms with van der Waals surface area (Å²) in [5.41, 5.74) is -0.182. The van der Waals surface area contributed by atoms with Crippen LogP contribution in [-0.2, 0) is 9.53 Å². The molecule has 3 aliphatic rings. The van der Waals surface area contributed by atoms with Gasteiger partial charge in [-0.2, -0.15) is 0 Å². The maximum atomic E-state index is 13.0. The Balaban J connectivity index is 1.84. The van der Waals surface area contributed by atoms with Gasteiger partial charge < -0.3 is 9.64 Å². The highest BCUT2D eigenvalue weighted by Crippen LogP contribution is 2.49. The Bertz CT molecular complexity index is 401. The number of hydrogen-bond acceptors (Lipinski definition) is 3. The first-order valence-electron chi connectivity index (χ1n) is 8.09. The Hall–Kier alpha value is -0.610. The van der Waals surface area contributed by atoms with Crippen molar-refractivity contribution in [1.29, 1.82) is 0 Å². The fraction of sp³-hybridized carbons (Fsp3) is 0.938. The summed E-state index contributed by atoms with van der Waals surface area (Å²) in [7, 11) is 1.78. The highest BCUT2D eigenvalue weighted by Gasteiger charge is 2.60. The number of hydrogen-bond donors (Lipinski definition) is 1. The Kier molecular flexibility index (Phi) is 3.37. The van der Waals surface area contributed by atoms with Crippen molar-refractivity contribution in [3.05, 3.63) is 0 Å². The van der Waals surface area contributed by atoms with Crippen molar-refractivity contribution >= 4 is 5.91 Å². The highest BCUT2D eigenvalue weighted by atomic mass is 16.5. The van der Waals surface area contributed by atoms with Crippen molar-refractivity contribution in [3.8, 4) is 0 Å². The van der Waals surface area contributed by atoms with E-state index in [2.05, 4.69) is 31.0 Å². The summed E-state index contributed by atoms with van der Waals surface area (Å²) < 4.78 is 5.55. The predicted octanol–water partition coefficient (Wildman–Crippen LogP) is 2.28. The molecule has 1 spiro atoms. The van der Waals surface area contributed by atoms with Crippen LogP contribution in [-0.4, -0.2) is 41.8 Å². The van der Waals surface area contributed by atoms with Crippen LogP contribution in [0.4, 0.5) is 0 Å². The van der Waals surface area contributed by atoms with Crippen molar-refractivity contribution < 1.29 is 9.53 Å². The number of rotatable bonds is 3. The fourth-order valence-electron chi connectivity index (χ4n) is 4.57. The molecule has 3 unspecified atom stereocenters. The zero-order valence-corrected chi connectivity index (χ0v) is 13.2. The molecule has 4 nitrogen and oxygen atoms in total. The van der Waals surface area contributed by atoms with Gasteiger partial charge in [0, 0.05) is 18.6 Å². The molecule has 3 fully saturated rings. The smallest absolute Gasteiger partial charge is 0.244 e. The third-order valence-corrected chi connectivity index (χ3v) is 6.01. The van der Waals surface area contributed by atoms with Gasteiger partial charge in [-0.25, -0.2) is 0 Å². The second-order valence-corrected chi connectivity index (χ2v) is 7.37. The average Bonchev–Trinajstić information content (AvgIpc) is 2.99. The molecular formula is C16H28N2O2. The second kappa shape index (κ2) is 4.70. The van der Waals surface area contributed by atoms with Gasteiger partial charge in [-0.05, 0) is 25.7 Å². The summed E-state index contributed by atoms with van der Waals surface area (Å²) >= 11 is 0. The molecule has 1 N–H and O–H groups in total. The Labute approximate surface area is 122 Å². The van der Waals surface area contributed by atoms with Crippen molar-refractivity contribution in [2.75, 3.05) is 7.11 Å². The largest absolute Gasteiger partial charge is 0.381 e. The SMILES string of the molecule is CCC1NC2(CCCC2)C(=O)N1C1CC(OC)C1(C)C. The number of methoxy groups -OCH3 is 1. The van der Waals surface area contributed by atoms with Crippen LogP contribution >= 0.6 is 0 Å². The lowest BCUT2D eigenvalue weighted by atomic mass is 9.63. The Morgan fingerprint density at radius 1 is 1.35 bits per heavy atom. The first kappa shape index (κ1) is 14.3. The maximum Gasteiger partial charge on any atom is 0.244 e. The number of nitrogens with zero attached hydrogens (tertiary/aromatic N) is 1.